The highest BCUT2D eigenvalue weighted by atomic mass is 32.1. The van der Waals surface area contributed by atoms with Crippen LogP contribution in [0.2, 0.25) is 0 Å². The van der Waals surface area contributed by atoms with Crippen LogP contribution >= 0.6 is 11.3 Å². The lowest BCUT2D eigenvalue weighted by molar-refractivity contribution is -0.142. The number of carbonyl (C=O) groups is 1. The number of aromatic amines is 1. The van der Waals surface area contributed by atoms with E-state index in [4.69, 9.17) is 9.72 Å². The molecule has 134 valence electrons. The summed E-state index contributed by atoms with van der Waals surface area (Å²) in [7, 11) is 0. The van der Waals surface area contributed by atoms with Crippen molar-refractivity contribution < 1.29 is 9.53 Å². The highest BCUT2D eigenvalue weighted by molar-refractivity contribution is 7.18. The maximum Gasteiger partial charge on any atom is 0.259 e. The number of likely N-dealkylation sites (tertiary alicyclic amines) is 1. The Balaban J connectivity index is 1.60. The number of piperidine rings is 1. The van der Waals surface area contributed by atoms with E-state index < -0.39 is 0 Å². The number of ether oxygens (including phenoxy) is 1. The lowest BCUT2D eigenvalue weighted by Gasteiger charge is -2.33. The molecule has 0 spiro atoms. The van der Waals surface area contributed by atoms with Crippen molar-refractivity contribution in [3.63, 3.8) is 0 Å². The van der Waals surface area contributed by atoms with Crippen LogP contribution in [0.3, 0.4) is 0 Å². The van der Waals surface area contributed by atoms with E-state index in [9.17, 15) is 9.59 Å². The van der Waals surface area contributed by atoms with Crippen LogP contribution in [-0.2, 0) is 9.53 Å². The predicted molar refractivity (Wildman–Crippen MR) is 97.2 cm³/mol. The second-order valence-corrected chi connectivity index (χ2v) is 8.24. The largest absolute Gasteiger partial charge is 0.368 e. The standard InChI is InChI=1S/C18H23N3O3S/c1-10-11(2)25-17-14(10)16(22)19-15(20-17)12-5-3-7-21(9-12)18(23)13-6-4-8-24-13/h12-13H,3-9H2,1-2H3,(H,19,20,22). The van der Waals surface area contributed by atoms with Gasteiger partial charge in [-0.3, -0.25) is 9.59 Å². The zero-order chi connectivity index (χ0) is 17.6. The van der Waals surface area contributed by atoms with Gasteiger partial charge in [0.25, 0.3) is 11.5 Å². The van der Waals surface area contributed by atoms with E-state index in [-0.39, 0.29) is 23.5 Å². The Labute approximate surface area is 150 Å². The number of fused-ring (bicyclic) bond motifs is 1. The average Bonchev–Trinajstić information content (AvgIpc) is 3.23. The zero-order valence-electron chi connectivity index (χ0n) is 14.6. The van der Waals surface area contributed by atoms with Crippen molar-refractivity contribution in [1.82, 2.24) is 14.9 Å². The summed E-state index contributed by atoms with van der Waals surface area (Å²) in [6.45, 7) is 6.03. The molecule has 2 aliphatic rings. The van der Waals surface area contributed by atoms with Crippen molar-refractivity contribution in [2.24, 2.45) is 0 Å². The van der Waals surface area contributed by atoms with Crippen LogP contribution < -0.4 is 5.56 Å². The van der Waals surface area contributed by atoms with E-state index in [1.807, 2.05) is 18.7 Å². The van der Waals surface area contributed by atoms with Crippen LogP contribution in [0.25, 0.3) is 10.2 Å². The van der Waals surface area contributed by atoms with E-state index in [1.165, 1.54) is 0 Å². The molecule has 2 atom stereocenters. The van der Waals surface area contributed by atoms with Crippen molar-refractivity contribution in [2.45, 2.75) is 51.6 Å². The van der Waals surface area contributed by atoms with E-state index in [0.717, 1.165) is 47.5 Å². The van der Waals surface area contributed by atoms with Crippen LogP contribution in [0.5, 0.6) is 0 Å². The minimum atomic E-state index is -0.282. The number of H-pyrrole nitrogens is 1. The van der Waals surface area contributed by atoms with E-state index in [1.54, 1.807) is 11.3 Å². The molecule has 2 aromatic rings. The number of thiophene rings is 1. The zero-order valence-corrected chi connectivity index (χ0v) is 15.4. The normalized spacial score (nSPS) is 24.2. The van der Waals surface area contributed by atoms with Gasteiger partial charge in [-0.2, -0.15) is 0 Å². The molecule has 6 nitrogen and oxygen atoms in total. The minimum absolute atomic E-state index is 0.0653. The van der Waals surface area contributed by atoms with Gasteiger partial charge < -0.3 is 14.6 Å². The Bertz CT molecular complexity index is 866. The SMILES string of the molecule is Cc1sc2nc(C3CCCN(C(=O)C4CCCO4)C3)[nH]c(=O)c2c1C. The fourth-order valence-corrected chi connectivity index (χ4v) is 4.88. The molecule has 1 amide bonds. The van der Waals surface area contributed by atoms with Crippen molar-refractivity contribution in [3.8, 4) is 0 Å². The quantitative estimate of drug-likeness (QED) is 0.892. The third-order valence-electron chi connectivity index (χ3n) is 5.38. The summed E-state index contributed by atoms with van der Waals surface area (Å²) in [4.78, 5) is 36.6. The van der Waals surface area contributed by atoms with Gasteiger partial charge in [0.2, 0.25) is 0 Å². The van der Waals surface area contributed by atoms with Crippen molar-refractivity contribution in [2.75, 3.05) is 19.7 Å². The number of aryl methyl sites for hydroxylation is 2. The molecule has 2 aliphatic heterocycles. The molecule has 4 rings (SSSR count). The van der Waals surface area contributed by atoms with E-state index in [2.05, 4.69) is 4.98 Å². The Morgan fingerprint density at radius 1 is 1.32 bits per heavy atom. The van der Waals surface area contributed by atoms with Crippen LogP contribution in [0.1, 0.15) is 47.9 Å². The lowest BCUT2D eigenvalue weighted by atomic mass is 9.96. The molecule has 0 radical (unpaired) electrons. The highest BCUT2D eigenvalue weighted by Crippen LogP contribution is 2.30. The number of carbonyl (C=O) groups excluding carboxylic acids is 1. The van der Waals surface area contributed by atoms with Crippen LogP contribution in [-0.4, -0.2) is 46.6 Å². The number of amides is 1. The molecule has 0 saturated carbocycles. The summed E-state index contributed by atoms with van der Waals surface area (Å²) in [6.07, 6.45) is 3.35. The second-order valence-electron chi connectivity index (χ2n) is 7.04. The van der Waals surface area contributed by atoms with Gasteiger partial charge in [-0.1, -0.05) is 0 Å². The summed E-state index contributed by atoms with van der Waals surface area (Å²) in [5.41, 5.74) is 0.948. The highest BCUT2D eigenvalue weighted by Gasteiger charge is 2.32. The molecule has 2 aromatic heterocycles. The number of hydrogen-bond acceptors (Lipinski definition) is 5. The summed E-state index contributed by atoms with van der Waals surface area (Å²) < 4.78 is 5.54. The van der Waals surface area contributed by atoms with Crippen molar-refractivity contribution in [3.05, 3.63) is 26.6 Å². The first-order valence-electron chi connectivity index (χ1n) is 8.95. The molecule has 25 heavy (non-hydrogen) atoms. The van der Waals surface area contributed by atoms with Crippen LogP contribution in [0.15, 0.2) is 4.79 Å². The summed E-state index contributed by atoms with van der Waals surface area (Å²) in [5.74, 6) is 0.885. The minimum Gasteiger partial charge on any atom is -0.368 e. The first kappa shape index (κ1) is 16.7. The molecule has 0 aromatic carbocycles. The van der Waals surface area contributed by atoms with Crippen molar-refractivity contribution >= 4 is 27.5 Å². The van der Waals surface area contributed by atoms with Gasteiger partial charge in [0, 0.05) is 30.5 Å². The third-order valence-corrected chi connectivity index (χ3v) is 6.48. The van der Waals surface area contributed by atoms with Gasteiger partial charge in [-0.05, 0) is 45.1 Å². The monoisotopic (exact) mass is 361 g/mol. The Morgan fingerprint density at radius 2 is 2.16 bits per heavy atom. The predicted octanol–water partition coefficient (Wildman–Crippen LogP) is 2.49. The topological polar surface area (TPSA) is 75.3 Å². The number of aromatic nitrogens is 2. The van der Waals surface area contributed by atoms with Crippen molar-refractivity contribution in [1.29, 1.82) is 0 Å². The molecule has 2 saturated heterocycles. The van der Waals surface area contributed by atoms with Crippen LogP contribution in [0.4, 0.5) is 0 Å². The molecular formula is C18H23N3O3S. The van der Waals surface area contributed by atoms with Gasteiger partial charge >= 0.3 is 0 Å². The molecule has 2 unspecified atom stereocenters. The Kier molecular flexibility index (Phi) is 4.37. The van der Waals surface area contributed by atoms with Gasteiger partial charge in [-0.25, -0.2) is 4.98 Å². The molecule has 7 heteroatoms. The smallest absolute Gasteiger partial charge is 0.259 e. The first-order chi connectivity index (χ1) is 12.0. The van der Waals surface area contributed by atoms with Gasteiger partial charge in [0.05, 0.1) is 5.39 Å². The Hall–Kier alpha value is -1.73. The van der Waals surface area contributed by atoms with E-state index >= 15 is 0 Å². The van der Waals surface area contributed by atoms with Gasteiger partial charge in [-0.15, -0.1) is 11.3 Å². The summed E-state index contributed by atoms with van der Waals surface area (Å²) in [6, 6.07) is 0. The molecule has 4 heterocycles. The summed E-state index contributed by atoms with van der Waals surface area (Å²) >= 11 is 1.57. The maximum atomic E-state index is 12.6. The second kappa shape index (κ2) is 6.53. The van der Waals surface area contributed by atoms with Gasteiger partial charge in [0.1, 0.15) is 16.8 Å². The fraction of sp³-hybridized carbons (Fsp3) is 0.611. The molecule has 1 N–H and O–H groups in total. The average molecular weight is 361 g/mol. The number of nitrogens with one attached hydrogen (secondary N) is 1. The number of rotatable bonds is 2. The molecule has 0 aliphatic carbocycles. The fourth-order valence-electron chi connectivity index (χ4n) is 3.84. The third kappa shape index (κ3) is 3.00. The lowest BCUT2D eigenvalue weighted by Crippen LogP contribution is -2.44. The Morgan fingerprint density at radius 3 is 2.92 bits per heavy atom. The first-order valence-corrected chi connectivity index (χ1v) is 9.76. The molecule has 0 bridgehead atoms. The van der Waals surface area contributed by atoms with Crippen LogP contribution in [0, 0.1) is 13.8 Å². The molecule has 2 fully saturated rings. The maximum absolute atomic E-state index is 12.6. The molecular weight excluding hydrogens is 338 g/mol. The van der Waals surface area contributed by atoms with E-state index in [0.29, 0.717) is 24.4 Å². The number of hydrogen-bond donors (Lipinski definition) is 1. The number of nitrogens with zero attached hydrogens (tertiary/aromatic N) is 2. The summed E-state index contributed by atoms with van der Waals surface area (Å²) in [5, 5.41) is 0.703. The van der Waals surface area contributed by atoms with Gasteiger partial charge in [0.15, 0.2) is 0 Å².